The summed E-state index contributed by atoms with van der Waals surface area (Å²) in [7, 11) is 0. The molecule has 0 radical (unpaired) electrons. The lowest BCUT2D eigenvalue weighted by atomic mass is 9.92. The second kappa shape index (κ2) is 4.91. The van der Waals surface area contributed by atoms with Crippen LogP contribution in [0.5, 0.6) is 0 Å². The van der Waals surface area contributed by atoms with Gasteiger partial charge in [-0.2, -0.15) is 0 Å². The highest BCUT2D eigenvalue weighted by Crippen LogP contribution is 2.25. The molecule has 0 bridgehead atoms. The number of pyridine rings is 1. The predicted molar refractivity (Wildman–Crippen MR) is 60.1 cm³/mol. The van der Waals surface area contributed by atoms with Crippen molar-refractivity contribution in [2.24, 2.45) is 0 Å². The molecule has 3 nitrogen and oxygen atoms in total. The van der Waals surface area contributed by atoms with E-state index >= 15 is 0 Å². The monoisotopic (exact) mass is 249 g/mol. The zero-order valence-electron chi connectivity index (χ0n) is 9.18. The zero-order valence-corrected chi connectivity index (χ0v) is 9.18. The molecule has 1 atom stereocenters. The third-order valence-corrected chi connectivity index (χ3v) is 2.54. The molecule has 2 rings (SSSR count). The fourth-order valence-corrected chi connectivity index (χ4v) is 1.72. The van der Waals surface area contributed by atoms with Crippen LogP contribution in [0.2, 0.25) is 0 Å². The van der Waals surface area contributed by atoms with Crippen LogP contribution in [0.15, 0.2) is 42.7 Å². The molecule has 0 aliphatic carbocycles. The molecule has 1 heterocycles. The van der Waals surface area contributed by atoms with Gasteiger partial charge in [0.1, 0.15) is 5.92 Å². The molecular weight excluding hydrogens is 240 g/mol. The van der Waals surface area contributed by atoms with E-state index in [1.165, 1.54) is 18.5 Å². The number of carboxylic acids is 1. The summed E-state index contributed by atoms with van der Waals surface area (Å²) in [4.78, 5) is 15.1. The number of hydrogen-bond acceptors (Lipinski definition) is 2. The number of halogens is 2. The van der Waals surface area contributed by atoms with Crippen LogP contribution in [0, 0.1) is 11.6 Å². The van der Waals surface area contributed by atoms with Crippen molar-refractivity contribution >= 4 is 5.97 Å². The van der Waals surface area contributed by atoms with Crippen LogP contribution in [-0.2, 0) is 4.79 Å². The number of rotatable bonds is 3. The first-order valence-electron chi connectivity index (χ1n) is 5.17. The molecule has 0 spiro atoms. The first-order valence-corrected chi connectivity index (χ1v) is 5.17. The van der Waals surface area contributed by atoms with Gasteiger partial charge >= 0.3 is 5.97 Å². The van der Waals surface area contributed by atoms with Crippen molar-refractivity contribution in [2.75, 3.05) is 0 Å². The van der Waals surface area contributed by atoms with E-state index in [9.17, 15) is 18.7 Å². The number of benzene rings is 1. The van der Waals surface area contributed by atoms with Crippen LogP contribution >= 0.6 is 0 Å². The van der Waals surface area contributed by atoms with Gasteiger partial charge in [-0.1, -0.05) is 12.1 Å². The maximum Gasteiger partial charge on any atom is 0.315 e. The van der Waals surface area contributed by atoms with Gasteiger partial charge in [-0.25, -0.2) is 8.78 Å². The Hall–Kier alpha value is -2.30. The fraction of sp³-hybridized carbons (Fsp3) is 0.0769. The Bertz CT molecular complexity index is 572. The Labute approximate surface area is 102 Å². The molecule has 0 fully saturated rings. The summed E-state index contributed by atoms with van der Waals surface area (Å²) in [6.45, 7) is 0. The molecule has 92 valence electrons. The van der Waals surface area contributed by atoms with Gasteiger partial charge in [0.05, 0.1) is 0 Å². The first-order chi connectivity index (χ1) is 8.59. The lowest BCUT2D eigenvalue weighted by molar-refractivity contribution is -0.137. The molecule has 0 amide bonds. The van der Waals surface area contributed by atoms with E-state index in [1.54, 1.807) is 12.1 Å². The van der Waals surface area contributed by atoms with Gasteiger partial charge in [0, 0.05) is 12.4 Å². The second-order valence-electron chi connectivity index (χ2n) is 3.73. The second-order valence-corrected chi connectivity index (χ2v) is 3.73. The molecule has 0 saturated heterocycles. The fourth-order valence-electron chi connectivity index (χ4n) is 1.72. The van der Waals surface area contributed by atoms with Crippen molar-refractivity contribution in [3.63, 3.8) is 0 Å². The number of hydrogen-bond donors (Lipinski definition) is 1. The summed E-state index contributed by atoms with van der Waals surface area (Å²) < 4.78 is 26.0. The largest absolute Gasteiger partial charge is 0.481 e. The van der Waals surface area contributed by atoms with Crippen LogP contribution in [0.1, 0.15) is 17.0 Å². The van der Waals surface area contributed by atoms with Crippen molar-refractivity contribution in [1.82, 2.24) is 4.98 Å². The van der Waals surface area contributed by atoms with Crippen molar-refractivity contribution < 1.29 is 18.7 Å². The summed E-state index contributed by atoms with van der Waals surface area (Å²) in [5, 5.41) is 9.20. The van der Waals surface area contributed by atoms with Gasteiger partial charge in [0.25, 0.3) is 0 Å². The van der Waals surface area contributed by atoms with Crippen molar-refractivity contribution in [3.05, 3.63) is 65.5 Å². The SMILES string of the molecule is O=C(O)C(c1cccnc1)c1ccc(F)c(F)c1. The molecular formula is C13H9F2NO2. The molecule has 1 aromatic heterocycles. The Morgan fingerprint density at radius 3 is 2.50 bits per heavy atom. The Balaban J connectivity index is 2.49. The molecule has 1 aromatic carbocycles. The molecule has 2 aromatic rings. The van der Waals surface area contributed by atoms with E-state index in [4.69, 9.17) is 0 Å². The average Bonchev–Trinajstić information content (AvgIpc) is 2.35. The maximum atomic E-state index is 13.1. The van der Waals surface area contributed by atoms with Crippen LogP contribution in [0.4, 0.5) is 8.78 Å². The van der Waals surface area contributed by atoms with Crippen LogP contribution < -0.4 is 0 Å². The Morgan fingerprint density at radius 2 is 1.94 bits per heavy atom. The molecule has 0 saturated carbocycles. The molecule has 0 aliphatic rings. The molecule has 5 heteroatoms. The zero-order chi connectivity index (χ0) is 13.1. The highest BCUT2D eigenvalue weighted by atomic mass is 19.2. The highest BCUT2D eigenvalue weighted by molar-refractivity contribution is 5.80. The lowest BCUT2D eigenvalue weighted by Gasteiger charge is -2.12. The molecule has 1 N–H and O–H groups in total. The van der Waals surface area contributed by atoms with E-state index < -0.39 is 23.5 Å². The van der Waals surface area contributed by atoms with Gasteiger partial charge in [-0.3, -0.25) is 9.78 Å². The summed E-state index contributed by atoms with van der Waals surface area (Å²) in [6, 6.07) is 6.22. The van der Waals surface area contributed by atoms with Gasteiger partial charge in [-0.15, -0.1) is 0 Å². The molecule has 18 heavy (non-hydrogen) atoms. The number of aromatic nitrogens is 1. The van der Waals surface area contributed by atoms with E-state index in [0.29, 0.717) is 5.56 Å². The van der Waals surface area contributed by atoms with Crippen molar-refractivity contribution in [1.29, 1.82) is 0 Å². The van der Waals surface area contributed by atoms with Crippen molar-refractivity contribution in [3.8, 4) is 0 Å². The van der Waals surface area contributed by atoms with Crippen LogP contribution in [-0.4, -0.2) is 16.1 Å². The van der Waals surface area contributed by atoms with E-state index in [2.05, 4.69) is 4.98 Å². The summed E-state index contributed by atoms with van der Waals surface area (Å²) in [5.74, 6) is -4.28. The Morgan fingerprint density at radius 1 is 1.17 bits per heavy atom. The average molecular weight is 249 g/mol. The van der Waals surface area contributed by atoms with E-state index in [1.807, 2.05) is 0 Å². The predicted octanol–water partition coefficient (Wildman–Crippen LogP) is 2.58. The van der Waals surface area contributed by atoms with Gasteiger partial charge in [0.15, 0.2) is 11.6 Å². The summed E-state index contributed by atoms with van der Waals surface area (Å²) in [5.41, 5.74) is 0.588. The van der Waals surface area contributed by atoms with Crippen molar-refractivity contribution in [2.45, 2.75) is 5.92 Å². The van der Waals surface area contributed by atoms with Crippen LogP contribution in [0.3, 0.4) is 0 Å². The summed E-state index contributed by atoms with van der Waals surface area (Å²) >= 11 is 0. The first kappa shape index (κ1) is 12.2. The Kier molecular flexibility index (Phi) is 3.32. The smallest absolute Gasteiger partial charge is 0.315 e. The quantitative estimate of drug-likeness (QED) is 0.909. The van der Waals surface area contributed by atoms with Gasteiger partial charge in [0.2, 0.25) is 0 Å². The lowest BCUT2D eigenvalue weighted by Crippen LogP contribution is -2.13. The summed E-state index contributed by atoms with van der Waals surface area (Å²) in [6.07, 6.45) is 2.90. The third-order valence-electron chi connectivity index (χ3n) is 2.54. The minimum absolute atomic E-state index is 0.175. The minimum atomic E-state index is -1.14. The third kappa shape index (κ3) is 2.34. The topological polar surface area (TPSA) is 50.2 Å². The standard InChI is InChI=1S/C13H9F2NO2/c14-10-4-3-8(6-11(10)15)12(13(17)18)9-2-1-5-16-7-9/h1-7,12H,(H,17,18). The number of carboxylic acid groups (broad SMARTS) is 1. The van der Waals surface area contributed by atoms with Gasteiger partial charge < -0.3 is 5.11 Å². The maximum absolute atomic E-state index is 13.1. The van der Waals surface area contributed by atoms with Gasteiger partial charge in [-0.05, 0) is 29.3 Å². The number of carbonyl (C=O) groups is 1. The van der Waals surface area contributed by atoms with Crippen LogP contribution in [0.25, 0.3) is 0 Å². The minimum Gasteiger partial charge on any atom is -0.481 e. The normalized spacial score (nSPS) is 12.1. The van der Waals surface area contributed by atoms with E-state index in [0.717, 1.165) is 12.1 Å². The highest BCUT2D eigenvalue weighted by Gasteiger charge is 2.23. The molecule has 0 aliphatic heterocycles. The molecule has 1 unspecified atom stereocenters. The van der Waals surface area contributed by atoms with E-state index in [-0.39, 0.29) is 5.56 Å². The number of aliphatic carboxylic acids is 1. The number of nitrogens with zero attached hydrogens (tertiary/aromatic N) is 1.